The molecule has 0 saturated heterocycles. The van der Waals surface area contributed by atoms with Crippen LogP contribution in [-0.4, -0.2) is 67.1 Å². The molecular weight excluding hydrogens is 548 g/mol. The van der Waals surface area contributed by atoms with E-state index in [9.17, 15) is 31.2 Å². The van der Waals surface area contributed by atoms with Crippen molar-refractivity contribution in [2.24, 2.45) is 0 Å². The Labute approximate surface area is 227 Å². The number of nitrogens with one attached hydrogen (secondary N) is 2. The summed E-state index contributed by atoms with van der Waals surface area (Å²) in [7, 11) is -5.11. The number of benzene rings is 2. The minimum Gasteiger partial charge on any atom is -0.493 e. The molecule has 1 atom stereocenters. The summed E-state index contributed by atoms with van der Waals surface area (Å²) in [4.78, 5) is 38.3. The molecule has 2 aromatic rings. The van der Waals surface area contributed by atoms with E-state index >= 15 is 0 Å². The molecule has 0 bridgehead atoms. The Hall–Kier alpha value is -3.55. The second kappa shape index (κ2) is 11.7. The van der Waals surface area contributed by atoms with Crippen molar-refractivity contribution in [3.63, 3.8) is 0 Å². The van der Waals surface area contributed by atoms with Crippen LogP contribution in [-0.2, 0) is 24.7 Å². The van der Waals surface area contributed by atoms with Crippen LogP contribution in [0.2, 0.25) is 0 Å². The zero-order valence-corrected chi connectivity index (χ0v) is 23.8. The van der Waals surface area contributed by atoms with E-state index in [0.29, 0.717) is 23.7 Å². The fourth-order valence-corrected chi connectivity index (χ4v) is 6.39. The Balaban J connectivity index is 2.17. The standard InChI is InChI=1S/C26H30N2O9S2/c1-6-37-22-13-16(7-9-21(22)36-4)18(14-38(5,32)33)11-17-12-20(30)24-19(28-15(2)29)8-10-23(25(24)26(17)31)39(34,35)27-3/h7-10,12-13,18,27H,6,11,14H2,1-5H3,(H,28,29)/t18-/m1/s1. The third-order valence-electron chi connectivity index (χ3n) is 6.04. The molecule has 0 spiro atoms. The van der Waals surface area contributed by atoms with Gasteiger partial charge in [-0.25, -0.2) is 21.6 Å². The normalized spacial score (nSPS) is 14.3. The zero-order chi connectivity index (χ0) is 29.1. The Morgan fingerprint density at radius 1 is 1.03 bits per heavy atom. The molecule has 11 nitrogen and oxygen atoms in total. The molecule has 0 aliphatic heterocycles. The first-order chi connectivity index (χ1) is 18.2. The Kier molecular flexibility index (Phi) is 8.98. The van der Waals surface area contributed by atoms with Crippen LogP contribution in [0.3, 0.4) is 0 Å². The number of methoxy groups -OCH3 is 1. The highest BCUT2D eigenvalue weighted by Gasteiger charge is 2.36. The number of carbonyl (C=O) groups is 3. The number of amides is 1. The van der Waals surface area contributed by atoms with Crippen LogP contribution in [0.5, 0.6) is 11.5 Å². The lowest BCUT2D eigenvalue weighted by Crippen LogP contribution is -2.28. The molecule has 0 unspecified atom stereocenters. The largest absolute Gasteiger partial charge is 0.493 e. The molecule has 0 saturated carbocycles. The van der Waals surface area contributed by atoms with E-state index in [1.54, 1.807) is 25.1 Å². The zero-order valence-electron chi connectivity index (χ0n) is 22.2. The maximum atomic E-state index is 13.8. The number of fused-ring (bicyclic) bond motifs is 1. The average molecular weight is 579 g/mol. The van der Waals surface area contributed by atoms with Crippen LogP contribution in [0.15, 0.2) is 46.9 Å². The predicted octanol–water partition coefficient (Wildman–Crippen LogP) is 2.48. The van der Waals surface area contributed by atoms with Crippen LogP contribution in [0.1, 0.15) is 52.5 Å². The second-order valence-corrected chi connectivity index (χ2v) is 13.0. The van der Waals surface area contributed by atoms with Crippen molar-refractivity contribution in [3.05, 3.63) is 58.7 Å². The van der Waals surface area contributed by atoms with E-state index in [1.165, 1.54) is 20.1 Å². The molecule has 210 valence electrons. The summed E-state index contributed by atoms with van der Waals surface area (Å²) >= 11 is 0. The van der Waals surface area contributed by atoms with E-state index < -0.39 is 48.1 Å². The average Bonchev–Trinajstić information content (AvgIpc) is 2.85. The fourth-order valence-electron chi connectivity index (χ4n) is 4.42. The molecule has 39 heavy (non-hydrogen) atoms. The van der Waals surface area contributed by atoms with Crippen molar-refractivity contribution in [1.29, 1.82) is 0 Å². The lowest BCUT2D eigenvalue weighted by atomic mass is 9.83. The van der Waals surface area contributed by atoms with Crippen molar-refractivity contribution in [2.45, 2.75) is 31.1 Å². The first-order valence-electron chi connectivity index (χ1n) is 11.9. The highest BCUT2D eigenvalue weighted by molar-refractivity contribution is 7.90. The van der Waals surface area contributed by atoms with E-state index in [4.69, 9.17) is 9.47 Å². The number of ketones is 2. The molecule has 3 rings (SSSR count). The summed E-state index contributed by atoms with van der Waals surface area (Å²) in [5, 5.41) is 2.46. The Morgan fingerprint density at radius 3 is 2.28 bits per heavy atom. The number of sulfone groups is 1. The number of sulfonamides is 1. The molecular formula is C26H30N2O9S2. The number of rotatable bonds is 11. The summed E-state index contributed by atoms with van der Waals surface area (Å²) in [5.41, 5.74) is -0.196. The van der Waals surface area contributed by atoms with E-state index in [0.717, 1.165) is 25.4 Å². The number of hydrogen-bond donors (Lipinski definition) is 2. The molecule has 1 amide bonds. The topological polar surface area (TPSA) is 162 Å². The molecule has 2 N–H and O–H groups in total. The second-order valence-electron chi connectivity index (χ2n) is 8.95. The molecule has 1 aliphatic rings. The minimum absolute atomic E-state index is 0.00889. The summed E-state index contributed by atoms with van der Waals surface area (Å²) in [6, 6.07) is 7.26. The first kappa shape index (κ1) is 30.0. The molecule has 1 aliphatic carbocycles. The van der Waals surface area contributed by atoms with Crippen LogP contribution in [0, 0.1) is 0 Å². The van der Waals surface area contributed by atoms with Gasteiger partial charge in [0.05, 0.1) is 41.2 Å². The summed E-state index contributed by atoms with van der Waals surface area (Å²) in [5.74, 6) is -2.30. The van der Waals surface area contributed by atoms with Crippen molar-refractivity contribution < 1.29 is 40.7 Å². The van der Waals surface area contributed by atoms with Crippen LogP contribution in [0.4, 0.5) is 5.69 Å². The van der Waals surface area contributed by atoms with Gasteiger partial charge in [0.25, 0.3) is 0 Å². The number of carbonyl (C=O) groups excluding carboxylic acids is 3. The SMILES string of the molecule is CCOc1cc([C@H](CC2=CC(=O)c3c(NC(C)=O)ccc(S(=O)(=O)NC)c3C2=O)CS(C)(=O)=O)ccc1OC. The van der Waals surface area contributed by atoms with Gasteiger partial charge in [0.2, 0.25) is 15.9 Å². The first-order valence-corrected chi connectivity index (χ1v) is 15.4. The number of anilines is 1. The summed E-state index contributed by atoms with van der Waals surface area (Å²) < 4.78 is 63.3. The number of Topliss-reactive ketones (excluding diaryl/α,β-unsaturated/α-hetero) is 1. The molecule has 13 heteroatoms. The van der Waals surface area contributed by atoms with Crippen molar-refractivity contribution in [3.8, 4) is 11.5 Å². The van der Waals surface area contributed by atoms with E-state index in [1.807, 2.05) is 0 Å². The highest BCUT2D eigenvalue weighted by Crippen LogP contribution is 2.38. The molecule has 0 fully saturated rings. The van der Waals surface area contributed by atoms with E-state index in [2.05, 4.69) is 10.0 Å². The van der Waals surface area contributed by atoms with Crippen LogP contribution in [0.25, 0.3) is 0 Å². The smallest absolute Gasteiger partial charge is 0.241 e. The monoisotopic (exact) mass is 578 g/mol. The minimum atomic E-state index is -4.18. The molecule has 2 aromatic carbocycles. The fraction of sp³-hybridized carbons (Fsp3) is 0.346. The van der Waals surface area contributed by atoms with E-state index in [-0.39, 0.29) is 34.6 Å². The quantitative estimate of drug-likeness (QED) is 0.408. The molecule has 0 heterocycles. The van der Waals surface area contributed by atoms with Gasteiger partial charge in [0, 0.05) is 24.7 Å². The maximum absolute atomic E-state index is 13.8. The van der Waals surface area contributed by atoms with Gasteiger partial charge in [-0.3, -0.25) is 14.4 Å². The van der Waals surface area contributed by atoms with Gasteiger partial charge in [-0.2, -0.15) is 0 Å². The lowest BCUT2D eigenvalue weighted by molar-refractivity contribution is -0.114. The lowest BCUT2D eigenvalue weighted by Gasteiger charge is -2.24. The van der Waals surface area contributed by atoms with Crippen LogP contribution >= 0.6 is 0 Å². The van der Waals surface area contributed by atoms with Gasteiger partial charge < -0.3 is 14.8 Å². The number of allylic oxidation sites excluding steroid dienone is 2. The van der Waals surface area contributed by atoms with Crippen molar-refractivity contribution in [1.82, 2.24) is 4.72 Å². The maximum Gasteiger partial charge on any atom is 0.241 e. The van der Waals surface area contributed by atoms with Gasteiger partial charge in [0.15, 0.2) is 23.1 Å². The van der Waals surface area contributed by atoms with Gasteiger partial charge in [0.1, 0.15) is 9.84 Å². The highest BCUT2D eigenvalue weighted by atomic mass is 32.2. The van der Waals surface area contributed by atoms with Crippen molar-refractivity contribution >= 4 is 43.0 Å². The summed E-state index contributed by atoms with van der Waals surface area (Å²) in [6.45, 7) is 3.31. The van der Waals surface area contributed by atoms with Crippen LogP contribution < -0.4 is 19.5 Å². The Bertz CT molecular complexity index is 1580. The Morgan fingerprint density at radius 2 is 1.72 bits per heavy atom. The third kappa shape index (κ3) is 6.72. The van der Waals surface area contributed by atoms with Gasteiger partial charge >= 0.3 is 0 Å². The van der Waals surface area contributed by atoms with Crippen molar-refractivity contribution in [2.75, 3.05) is 38.1 Å². The van der Waals surface area contributed by atoms with Gasteiger partial charge in [-0.15, -0.1) is 0 Å². The number of ether oxygens (including phenoxy) is 2. The molecule has 0 radical (unpaired) electrons. The van der Waals surface area contributed by atoms with Gasteiger partial charge in [-0.1, -0.05) is 6.07 Å². The van der Waals surface area contributed by atoms with Gasteiger partial charge in [-0.05, 0) is 56.3 Å². The summed E-state index contributed by atoms with van der Waals surface area (Å²) in [6.07, 6.45) is 1.94. The number of hydrogen-bond acceptors (Lipinski definition) is 9. The predicted molar refractivity (Wildman–Crippen MR) is 145 cm³/mol. The third-order valence-corrected chi connectivity index (χ3v) is 8.50. The molecule has 0 aromatic heterocycles.